The minimum Gasteiger partial charge on any atom is -0.339 e. The summed E-state index contributed by atoms with van der Waals surface area (Å²) in [6.07, 6.45) is 1.37. The van der Waals surface area contributed by atoms with Crippen LogP contribution in [0.3, 0.4) is 0 Å². The molecule has 1 aromatic carbocycles. The molecule has 1 aromatic heterocycles. The maximum absolute atomic E-state index is 12.5. The van der Waals surface area contributed by atoms with Crippen molar-refractivity contribution in [1.29, 1.82) is 0 Å². The van der Waals surface area contributed by atoms with Crippen molar-refractivity contribution < 1.29 is 4.79 Å². The second-order valence-electron chi connectivity index (χ2n) is 6.06. The zero-order valence-corrected chi connectivity index (χ0v) is 17.9. The molecule has 2 aromatic rings. The van der Waals surface area contributed by atoms with Gasteiger partial charge in [-0.15, -0.1) is 36.2 Å². The summed E-state index contributed by atoms with van der Waals surface area (Å²) < 4.78 is 1.03. The molecule has 2 unspecified atom stereocenters. The lowest BCUT2D eigenvalue weighted by Gasteiger charge is -2.21. The Bertz CT molecular complexity index is 713. The van der Waals surface area contributed by atoms with Gasteiger partial charge in [-0.25, -0.2) is 4.98 Å². The van der Waals surface area contributed by atoms with Crippen LogP contribution in [0.4, 0.5) is 0 Å². The number of halogens is 3. The molecule has 4 nitrogen and oxygen atoms in total. The summed E-state index contributed by atoms with van der Waals surface area (Å²) >= 11 is 5.06. The molecule has 0 radical (unpaired) electrons. The summed E-state index contributed by atoms with van der Waals surface area (Å²) in [5.74, 6) is 0.584. The molecule has 2 atom stereocenters. The van der Waals surface area contributed by atoms with E-state index < -0.39 is 0 Å². The van der Waals surface area contributed by atoms with Gasteiger partial charge in [0.25, 0.3) is 0 Å². The van der Waals surface area contributed by atoms with E-state index in [9.17, 15) is 4.79 Å². The third kappa shape index (κ3) is 5.41. The molecule has 1 fully saturated rings. The predicted octanol–water partition coefficient (Wildman–Crippen LogP) is 4.15. The molecule has 2 N–H and O–H groups in total. The van der Waals surface area contributed by atoms with Crippen molar-refractivity contribution >= 4 is 58.0 Å². The van der Waals surface area contributed by atoms with E-state index in [0.29, 0.717) is 18.9 Å². The van der Waals surface area contributed by atoms with Crippen LogP contribution in [0.5, 0.6) is 0 Å². The van der Waals surface area contributed by atoms with Gasteiger partial charge >= 0.3 is 0 Å². The Morgan fingerprint density at radius 3 is 2.84 bits per heavy atom. The lowest BCUT2D eigenvalue weighted by molar-refractivity contribution is -0.131. The molecule has 0 spiro atoms. The molecule has 1 saturated heterocycles. The highest BCUT2D eigenvalue weighted by Gasteiger charge is 2.31. The maximum Gasteiger partial charge on any atom is 0.228 e. The fourth-order valence-electron chi connectivity index (χ4n) is 3.06. The fourth-order valence-corrected chi connectivity index (χ4v) is 4.28. The fraction of sp³-hybridized carbons (Fsp3) is 0.412. The minimum absolute atomic E-state index is 0. The van der Waals surface area contributed by atoms with E-state index in [-0.39, 0.29) is 36.8 Å². The van der Waals surface area contributed by atoms with Gasteiger partial charge in [0.15, 0.2) is 0 Å². The first-order valence-electron chi connectivity index (χ1n) is 7.76. The number of nitrogens with zero attached hydrogens (tertiary/aromatic N) is 2. The number of aromatic nitrogens is 1. The third-order valence-electron chi connectivity index (χ3n) is 4.27. The van der Waals surface area contributed by atoms with E-state index >= 15 is 0 Å². The van der Waals surface area contributed by atoms with Gasteiger partial charge in [0.2, 0.25) is 5.91 Å². The molecule has 2 heterocycles. The normalized spacial score (nSPS) is 19.2. The summed E-state index contributed by atoms with van der Waals surface area (Å²) in [4.78, 5) is 19.1. The monoisotopic (exact) mass is 465 g/mol. The third-order valence-corrected chi connectivity index (χ3v) is 5.70. The predicted molar refractivity (Wildman–Crippen MR) is 112 cm³/mol. The lowest BCUT2D eigenvalue weighted by Crippen LogP contribution is -2.35. The number of rotatable bonds is 4. The first-order valence-corrected chi connectivity index (χ1v) is 9.44. The second kappa shape index (κ2) is 9.88. The van der Waals surface area contributed by atoms with Crippen LogP contribution >= 0.6 is 52.1 Å². The van der Waals surface area contributed by atoms with Crippen LogP contribution in [0.2, 0.25) is 0 Å². The number of likely N-dealkylation sites (tertiary alicyclic amines) is 1. The highest BCUT2D eigenvalue weighted by atomic mass is 79.9. The van der Waals surface area contributed by atoms with Crippen molar-refractivity contribution in [2.45, 2.75) is 25.8 Å². The summed E-state index contributed by atoms with van der Waals surface area (Å²) in [5.41, 5.74) is 7.65. The van der Waals surface area contributed by atoms with Crippen LogP contribution in [0.15, 0.2) is 34.1 Å². The first-order chi connectivity index (χ1) is 11.1. The summed E-state index contributed by atoms with van der Waals surface area (Å²) in [7, 11) is 0. The molecule has 0 bridgehead atoms. The molecule has 1 aliphatic rings. The first kappa shape index (κ1) is 22.4. The Morgan fingerprint density at radius 2 is 2.20 bits per heavy atom. The van der Waals surface area contributed by atoms with E-state index in [1.54, 1.807) is 11.3 Å². The number of benzene rings is 1. The smallest absolute Gasteiger partial charge is 0.228 e. The molecule has 0 aliphatic carbocycles. The molecule has 1 amide bonds. The van der Waals surface area contributed by atoms with Gasteiger partial charge < -0.3 is 10.6 Å². The number of thiazole rings is 1. The van der Waals surface area contributed by atoms with Crippen LogP contribution in [0, 0.1) is 5.92 Å². The van der Waals surface area contributed by atoms with E-state index in [0.717, 1.165) is 33.7 Å². The maximum atomic E-state index is 12.5. The van der Waals surface area contributed by atoms with Crippen LogP contribution in [0.25, 0.3) is 10.6 Å². The molecule has 8 heteroatoms. The number of amides is 1. The highest BCUT2D eigenvalue weighted by molar-refractivity contribution is 9.10. The van der Waals surface area contributed by atoms with Gasteiger partial charge in [0, 0.05) is 28.0 Å². The average molecular weight is 467 g/mol. The number of hydrogen-bond acceptors (Lipinski definition) is 4. The molecule has 0 saturated carbocycles. The zero-order chi connectivity index (χ0) is 16.4. The highest BCUT2D eigenvalue weighted by Crippen LogP contribution is 2.27. The van der Waals surface area contributed by atoms with Gasteiger partial charge in [0.05, 0.1) is 12.1 Å². The van der Waals surface area contributed by atoms with Crippen LogP contribution < -0.4 is 5.73 Å². The quantitative estimate of drug-likeness (QED) is 0.735. The van der Waals surface area contributed by atoms with Gasteiger partial charge in [0.1, 0.15) is 5.01 Å². The van der Waals surface area contributed by atoms with E-state index in [4.69, 9.17) is 5.73 Å². The Balaban J connectivity index is 0.00000156. The zero-order valence-electron chi connectivity index (χ0n) is 13.9. The molecule has 138 valence electrons. The van der Waals surface area contributed by atoms with Gasteiger partial charge in [-0.2, -0.15) is 0 Å². The van der Waals surface area contributed by atoms with Gasteiger partial charge in [-0.3, -0.25) is 4.79 Å². The molecule has 3 rings (SSSR count). The molecule has 25 heavy (non-hydrogen) atoms. The molecular formula is C17H22BrCl2N3OS. The Morgan fingerprint density at radius 1 is 1.44 bits per heavy atom. The van der Waals surface area contributed by atoms with Crippen molar-refractivity contribution in [2.24, 2.45) is 11.7 Å². The SMILES string of the molecule is CC1CC(CN)CN1C(=O)Cc1csc(-c2cccc(Br)c2)n1.Cl.Cl. The standard InChI is InChI=1S/C17H20BrN3OS.2ClH/c1-11-5-12(8-19)9-21(11)16(22)7-15-10-23-17(20-15)13-3-2-4-14(18)6-13;;/h2-4,6,10-12H,5,7-9,19H2,1H3;2*1H. The largest absolute Gasteiger partial charge is 0.339 e. The number of hydrogen-bond donors (Lipinski definition) is 1. The van der Waals surface area contributed by atoms with Crippen molar-refractivity contribution in [1.82, 2.24) is 9.88 Å². The number of carbonyl (C=O) groups is 1. The summed E-state index contributed by atoms with van der Waals surface area (Å²) in [6.45, 7) is 3.53. The van der Waals surface area contributed by atoms with Crippen molar-refractivity contribution in [3.05, 3.63) is 39.8 Å². The van der Waals surface area contributed by atoms with Crippen LogP contribution in [0.1, 0.15) is 19.0 Å². The van der Waals surface area contributed by atoms with E-state index in [2.05, 4.69) is 27.8 Å². The Labute approximate surface area is 173 Å². The summed E-state index contributed by atoms with van der Waals surface area (Å²) in [5, 5.41) is 2.93. The van der Waals surface area contributed by atoms with Crippen LogP contribution in [-0.4, -0.2) is 34.9 Å². The minimum atomic E-state index is 0. The van der Waals surface area contributed by atoms with E-state index in [1.807, 2.05) is 34.5 Å². The van der Waals surface area contributed by atoms with E-state index in [1.165, 1.54) is 0 Å². The van der Waals surface area contributed by atoms with Crippen molar-refractivity contribution in [3.63, 3.8) is 0 Å². The second-order valence-corrected chi connectivity index (χ2v) is 7.84. The Hall–Kier alpha value is -0.660. The van der Waals surface area contributed by atoms with Gasteiger partial charge in [-0.05, 0) is 37.9 Å². The molecule has 1 aliphatic heterocycles. The number of nitrogens with two attached hydrogens (primary N) is 1. The number of carbonyl (C=O) groups excluding carboxylic acids is 1. The van der Waals surface area contributed by atoms with Crippen molar-refractivity contribution in [3.8, 4) is 10.6 Å². The van der Waals surface area contributed by atoms with Crippen molar-refractivity contribution in [2.75, 3.05) is 13.1 Å². The topological polar surface area (TPSA) is 59.2 Å². The Kier molecular flexibility index (Phi) is 8.84. The lowest BCUT2D eigenvalue weighted by atomic mass is 10.1. The summed E-state index contributed by atoms with van der Waals surface area (Å²) in [6, 6.07) is 8.33. The molecular weight excluding hydrogens is 445 g/mol. The average Bonchev–Trinajstić information content (AvgIpc) is 3.13. The van der Waals surface area contributed by atoms with Gasteiger partial charge in [-0.1, -0.05) is 28.1 Å². The van der Waals surface area contributed by atoms with Crippen LogP contribution in [-0.2, 0) is 11.2 Å².